The average Bonchev–Trinajstić information content (AvgIpc) is 2.31. The van der Waals surface area contributed by atoms with Gasteiger partial charge in [-0.15, -0.1) is 0 Å². The van der Waals surface area contributed by atoms with Gasteiger partial charge in [0, 0.05) is 12.0 Å². The summed E-state index contributed by atoms with van der Waals surface area (Å²) >= 11 is 0. The van der Waals surface area contributed by atoms with Gasteiger partial charge in [-0.05, 0) is 6.42 Å². The molecule has 0 amide bonds. The molecule has 0 radical (unpaired) electrons. The van der Waals surface area contributed by atoms with E-state index in [-0.39, 0.29) is 5.97 Å². The fourth-order valence-corrected chi connectivity index (χ4v) is 0.952. The number of hydrogen-bond donors (Lipinski definition) is 0. The molecule has 1 heterocycles. The molecule has 0 bridgehead atoms. The van der Waals surface area contributed by atoms with Crippen molar-refractivity contribution in [2.75, 3.05) is 6.61 Å². The Bertz CT molecular complexity index is 159. The second kappa shape index (κ2) is 3.40. The molecule has 0 atom stereocenters. The summed E-state index contributed by atoms with van der Waals surface area (Å²) < 4.78 is 4.76. The summed E-state index contributed by atoms with van der Waals surface area (Å²) in [4.78, 5) is 10.8. The highest BCUT2D eigenvalue weighted by Crippen LogP contribution is 2.13. The normalized spacial score (nSPS) is 21.7. The van der Waals surface area contributed by atoms with Crippen LogP contribution < -0.4 is 0 Å². The first-order valence-corrected chi connectivity index (χ1v) is 3.70. The minimum atomic E-state index is -0.117. The Hall–Kier alpha value is -0.790. The maximum absolute atomic E-state index is 10.8. The van der Waals surface area contributed by atoms with Crippen molar-refractivity contribution < 1.29 is 9.53 Å². The van der Waals surface area contributed by atoms with Gasteiger partial charge in [0.2, 0.25) is 0 Å². The molecule has 2 heteroatoms. The zero-order chi connectivity index (χ0) is 7.40. The van der Waals surface area contributed by atoms with Crippen molar-refractivity contribution in [3.05, 3.63) is 11.6 Å². The predicted molar refractivity (Wildman–Crippen MR) is 38.6 cm³/mol. The number of cyclic esters (lactones) is 1. The van der Waals surface area contributed by atoms with E-state index >= 15 is 0 Å². The van der Waals surface area contributed by atoms with Gasteiger partial charge in [0.25, 0.3) is 0 Å². The minimum absolute atomic E-state index is 0.117. The highest BCUT2D eigenvalue weighted by atomic mass is 16.5. The quantitative estimate of drug-likeness (QED) is 0.430. The Morgan fingerprint density at radius 1 is 1.70 bits per heavy atom. The van der Waals surface area contributed by atoms with Crippen LogP contribution in [0.2, 0.25) is 0 Å². The second-order valence-electron chi connectivity index (χ2n) is 2.40. The van der Waals surface area contributed by atoms with E-state index in [0.717, 1.165) is 24.8 Å². The number of ether oxygens (including phenoxy) is 1. The molecule has 1 fully saturated rings. The minimum Gasteiger partial charge on any atom is -0.462 e. The summed E-state index contributed by atoms with van der Waals surface area (Å²) in [6.45, 7) is 2.67. The lowest BCUT2D eigenvalue weighted by Crippen LogP contribution is -1.93. The van der Waals surface area contributed by atoms with Gasteiger partial charge in [0.05, 0.1) is 6.61 Å². The molecule has 0 unspecified atom stereocenters. The van der Waals surface area contributed by atoms with E-state index in [9.17, 15) is 4.79 Å². The van der Waals surface area contributed by atoms with Crippen molar-refractivity contribution in [3.63, 3.8) is 0 Å². The average molecular weight is 140 g/mol. The van der Waals surface area contributed by atoms with Crippen molar-refractivity contribution in [1.82, 2.24) is 0 Å². The van der Waals surface area contributed by atoms with Crippen LogP contribution in [0, 0.1) is 0 Å². The topological polar surface area (TPSA) is 26.3 Å². The Balaban J connectivity index is 2.46. The third kappa shape index (κ3) is 1.59. The molecule has 0 spiro atoms. The summed E-state index contributed by atoms with van der Waals surface area (Å²) in [6.07, 6.45) is 4.87. The van der Waals surface area contributed by atoms with Crippen LogP contribution in [0.15, 0.2) is 11.6 Å². The molecule has 0 N–H and O–H groups in total. The van der Waals surface area contributed by atoms with E-state index in [4.69, 9.17) is 4.74 Å². The monoisotopic (exact) mass is 140 g/mol. The van der Waals surface area contributed by atoms with Crippen molar-refractivity contribution in [2.24, 2.45) is 0 Å². The molecular formula is C8H12O2. The van der Waals surface area contributed by atoms with Crippen LogP contribution >= 0.6 is 0 Å². The van der Waals surface area contributed by atoms with Crippen molar-refractivity contribution in [3.8, 4) is 0 Å². The van der Waals surface area contributed by atoms with Crippen LogP contribution in [0.25, 0.3) is 0 Å². The van der Waals surface area contributed by atoms with Crippen LogP contribution in [-0.2, 0) is 9.53 Å². The fraction of sp³-hybridized carbons (Fsp3) is 0.625. The molecular weight excluding hydrogens is 128 g/mol. The first-order chi connectivity index (χ1) is 4.84. The standard InChI is InChI=1S/C8H12O2/c1-2-3-4-7-5-6-10-8(7)9/h4H,2-3,5-6H2,1H3/b7-4-. The van der Waals surface area contributed by atoms with Gasteiger partial charge in [-0.25, -0.2) is 4.79 Å². The van der Waals surface area contributed by atoms with E-state index < -0.39 is 0 Å². The van der Waals surface area contributed by atoms with Gasteiger partial charge in [-0.3, -0.25) is 0 Å². The summed E-state index contributed by atoms with van der Waals surface area (Å²) in [7, 11) is 0. The molecule has 1 aliphatic rings. The number of unbranched alkanes of at least 4 members (excludes halogenated alkanes) is 1. The molecule has 1 aliphatic heterocycles. The number of rotatable bonds is 2. The lowest BCUT2D eigenvalue weighted by atomic mass is 10.2. The molecule has 0 aromatic heterocycles. The molecule has 0 aliphatic carbocycles. The van der Waals surface area contributed by atoms with Crippen molar-refractivity contribution in [1.29, 1.82) is 0 Å². The van der Waals surface area contributed by atoms with E-state index in [1.54, 1.807) is 0 Å². The lowest BCUT2D eigenvalue weighted by Gasteiger charge is -1.89. The number of hydrogen-bond acceptors (Lipinski definition) is 2. The Kier molecular flexibility index (Phi) is 2.49. The van der Waals surface area contributed by atoms with Crippen LogP contribution in [0.1, 0.15) is 26.2 Å². The van der Waals surface area contributed by atoms with E-state index in [1.165, 1.54) is 0 Å². The molecule has 10 heavy (non-hydrogen) atoms. The Morgan fingerprint density at radius 2 is 2.50 bits per heavy atom. The maximum Gasteiger partial charge on any atom is 0.333 e. The largest absolute Gasteiger partial charge is 0.462 e. The molecule has 1 rings (SSSR count). The Morgan fingerprint density at radius 3 is 3.00 bits per heavy atom. The van der Waals surface area contributed by atoms with Gasteiger partial charge in [-0.2, -0.15) is 0 Å². The van der Waals surface area contributed by atoms with Crippen LogP contribution in [0.5, 0.6) is 0 Å². The zero-order valence-corrected chi connectivity index (χ0v) is 6.22. The van der Waals surface area contributed by atoms with E-state index in [2.05, 4.69) is 6.92 Å². The second-order valence-corrected chi connectivity index (χ2v) is 2.40. The summed E-state index contributed by atoms with van der Waals surface area (Å²) in [5.74, 6) is -0.117. The van der Waals surface area contributed by atoms with Crippen LogP contribution in [0.3, 0.4) is 0 Å². The first kappa shape index (κ1) is 7.32. The van der Waals surface area contributed by atoms with Gasteiger partial charge in [0.1, 0.15) is 0 Å². The van der Waals surface area contributed by atoms with Gasteiger partial charge < -0.3 is 4.74 Å². The summed E-state index contributed by atoms with van der Waals surface area (Å²) in [5.41, 5.74) is 0.863. The molecule has 1 saturated heterocycles. The number of carbonyl (C=O) groups is 1. The summed E-state index contributed by atoms with van der Waals surface area (Å²) in [6, 6.07) is 0. The molecule has 2 nitrogen and oxygen atoms in total. The highest BCUT2D eigenvalue weighted by molar-refractivity contribution is 5.90. The Labute approximate surface area is 60.9 Å². The van der Waals surface area contributed by atoms with Gasteiger partial charge >= 0.3 is 5.97 Å². The number of esters is 1. The van der Waals surface area contributed by atoms with Gasteiger partial charge in [0.15, 0.2) is 0 Å². The van der Waals surface area contributed by atoms with Gasteiger partial charge in [-0.1, -0.05) is 19.4 Å². The smallest absolute Gasteiger partial charge is 0.333 e. The molecule has 56 valence electrons. The molecule has 0 aromatic carbocycles. The van der Waals surface area contributed by atoms with E-state index in [0.29, 0.717) is 6.61 Å². The maximum atomic E-state index is 10.8. The SMILES string of the molecule is CCC/C=C1/CCOC1=O. The van der Waals surface area contributed by atoms with E-state index in [1.807, 2.05) is 6.08 Å². The lowest BCUT2D eigenvalue weighted by molar-refractivity contribution is -0.135. The predicted octanol–water partition coefficient (Wildman–Crippen LogP) is 1.66. The number of allylic oxidation sites excluding steroid dienone is 1. The third-order valence-electron chi connectivity index (χ3n) is 1.55. The third-order valence-corrected chi connectivity index (χ3v) is 1.55. The van der Waals surface area contributed by atoms with Crippen molar-refractivity contribution in [2.45, 2.75) is 26.2 Å². The fourth-order valence-electron chi connectivity index (χ4n) is 0.952. The first-order valence-electron chi connectivity index (χ1n) is 3.70. The molecule has 0 saturated carbocycles. The zero-order valence-electron chi connectivity index (χ0n) is 6.22. The van der Waals surface area contributed by atoms with Crippen LogP contribution in [-0.4, -0.2) is 12.6 Å². The number of carbonyl (C=O) groups excluding carboxylic acids is 1. The van der Waals surface area contributed by atoms with Crippen LogP contribution in [0.4, 0.5) is 0 Å². The molecule has 0 aromatic rings. The highest BCUT2D eigenvalue weighted by Gasteiger charge is 2.17. The van der Waals surface area contributed by atoms with Crippen molar-refractivity contribution >= 4 is 5.97 Å². The summed E-state index contributed by atoms with van der Waals surface area (Å²) in [5, 5.41) is 0.